The monoisotopic (exact) mass is 382 g/mol. The minimum Gasteiger partial charge on any atom is -0.456 e. The Morgan fingerprint density at radius 3 is 1.93 bits per heavy atom. The van der Waals surface area contributed by atoms with Crippen LogP contribution in [0, 0.1) is 0 Å². The molecule has 0 saturated carbocycles. The summed E-state index contributed by atoms with van der Waals surface area (Å²) in [4.78, 5) is 0. The van der Waals surface area contributed by atoms with Gasteiger partial charge in [-0.1, -0.05) is 91.0 Å². The van der Waals surface area contributed by atoms with Gasteiger partial charge in [-0.3, -0.25) is 0 Å². The molecule has 0 saturated heterocycles. The van der Waals surface area contributed by atoms with Gasteiger partial charge in [-0.05, 0) is 49.3 Å². The molecule has 0 aromatic heterocycles. The molecule has 0 aliphatic carbocycles. The molecule has 1 heteroatoms. The van der Waals surface area contributed by atoms with Crippen molar-refractivity contribution in [1.29, 1.82) is 0 Å². The number of hydrogen-bond acceptors (Lipinski definition) is 1. The van der Waals surface area contributed by atoms with Crippen LogP contribution < -0.4 is 4.74 Å². The van der Waals surface area contributed by atoms with Gasteiger partial charge in [0.2, 0.25) is 0 Å². The lowest BCUT2D eigenvalue weighted by Crippen LogP contribution is -2.05. The largest absolute Gasteiger partial charge is 0.456 e. The predicted octanol–water partition coefficient (Wildman–Crippen LogP) is 8.00. The highest BCUT2D eigenvalue weighted by Crippen LogP contribution is 2.49. The van der Waals surface area contributed by atoms with Crippen molar-refractivity contribution in [1.82, 2.24) is 0 Å². The van der Waals surface area contributed by atoms with Gasteiger partial charge in [-0.2, -0.15) is 0 Å². The average molecular weight is 382 g/mol. The number of benzene rings is 6. The van der Waals surface area contributed by atoms with E-state index in [1.807, 2.05) is 0 Å². The van der Waals surface area contributed by atoms with Gasteiger partial charge in [-0.25, -0.2) is 0 Å². The van der Waals surface area contributed by atoms with E-state index >= 15 is 0 Å². The Kier molecular flexibility index (Phi) is 3.12. The summed E-state index contributed by atoms with van der Waals surface area (Å²) in [6.45, 7) is 0. The fourth-order valence-electron chi connectivity index (χ4n) is 5.15. The summed E-state index contributed by atoms with van der Waals surface area (Å²) < 4.78 is 6.62. The minimum absolute atomic E-state index is 0.888. The van der Waals surface area contributed by atoms with Crippen LogP contribution in [0.25, 0.3) is 43.1 Å². The molecule has 0 fully saturated rings. The molecule has 30 heavy (non-hydrogen) atoms. The molecule has 0 N–H and O–H groups in total. The Bertz CT molecular complexity index is 1640. The fraction of sp³-hybridized carbons (Fsp3) is 0.0345. The van der Waals surface area contributed by atoms with E-state index < -0.39 is 0 Å². The summed E-state index contributed by atoms with van der Waals surface area (Å²) >= 11 is 0. The zero-order valence-electron chi connectivity index (χ0n) is 16.4. The van der Waals surface area contributed by atoms with E-state index in [4.69, 9.17) is 4.74 Å². The second kappa shape index (κ2) is 5.84. The third kappa shape index (κ3) is 2.07. The van der Waals surface area contributed by atoms with Crippen LogP contribution in [0.4, 0.5) is 0 Å². The van der Waals surface area contributed by atoms with Crippen LogP contribution in [-0.2, 0) is 6.42 Å². The Hall–Kier alpha value is -3.84. The van der Waals surface area contributed by atoms with E-state index in [0.717, 1.165) is 17.9 Å². The van der Waals surface area contributed by atoms with E-state index in [-0.39, 0.29) is 0 Å². The van der Waals surface area contributed by atoms with Crippen molar-refractivity contribution >= 4 is 43.1 Å². The summed E-state index contributed by atoms with van der Waals surface area (Å²) in [5, 5.41) is 10.2. The summed E-state index contributed by atoms with van der Waals surface area (Å²) in [7, 11) is 0. The molecule has 140 valence electrons. The third-order valence-corrected chi connectivity index (χ3v) is 6.51. The summed E-state index contributed by atoms with van der Waals surface area (Å²) in [6.07, 6.45) is 0.888. The van der Waals surface area contributed by atoms with E-state index in [1.54, 1.807) is 0 Å². The first kappa shape index (κ1) is 16.0. The Balaban J connectivity index is 1.76. The molecule has 6 aromatic carbocycles. The predicted molar refractivity (Wildman–Crippen MR) is 126 cm³/mol. The van der Waals surface area contributed by atoms with Crippen molar-refractivity contribution in [2.75, 3.05) is 0 Å². The summed E-state index contributed by atoms with van der Waals surface area (Å²) in [5.41, 5.74) is 2.54. The average Bonchev–Trinajstić information content (AvgIpc) is 2.82. The molecule has 0 radical (unpaired) electrons. The quantitative estimate of drug-likeness (QED) is 0.241. The standard InChI is InChI=1S/C29H18O/c1-4-10-21-18(7-1)13-15-23-25-17-20-9-3-6-12-26(20)30-29(25)28-22-11-5-2-8-19(22)14-16-24(28)27(21)23/h1-16H,17H2. The molecule has 0 unspecified atom stereocenters. The van der Waals surface area contributed by atoms with Crippen LogP contribution in [0.5, 0.6) is 11.5 Å². The lowest BCUT2D eigenvalue weighted by molar-refractivity contribution is 0.467. The Morgan fingerprint density at radius 1 is 0.500 bits per heavy atom. The zero-order chi connectivity index (χ0) is 19.7. The highest BCUT2D eigenvalue weighted by Gasteiger charge is 2.24. The summed E-state index contributed by atoms with van der Waals surface area (Å²) in [5.74, 6) is 1.99. The van der Waals surface area contributed by atoms with Crippen LogP contribution in [0.15, 0.2) is 97.1 Å². The molecular weight excluding hydrogens is 364 g/mol. The maximum atomic E-state index is 6.62. The normalized spacial score (nSPS) is 12.8. The van der Waals surface area contributed by atoms with Gasteiger partial charge in [-0.15, -0.1) is 0 Å². The van der Waals surface area contributed by atoms with Gasteiger partial charge >= 0.3 is 0 Å². The lowest BCUT2D eigenvalue weighted by atomic mass is 9.86. The first-order valence-corrected chi connectivity index (χ1v) is 10.4. The van der Waals surface area contributed by atoms with Crippen LogP contribution in [-0.4, -0.2) is 0 Å². The summed E-state index contributed by atoms with van der Waals surface area (Å²) in [6, 6.07) is 34.8. The number of ether oxygens (including phenoxy) is 1. The Labute approximate surface area is 174 Å². The molecule has 1 aliphatic rings. The highest BCUT2D eigenvalue weighted by molar-refractivity contribution is 6.27. The number of para-hydroxylation sites is 1. The van der Waals surface area contributed by atoms with Crippen molar-refractivity contribution in [2.24, 2.45) is 0 Å². The third-order valence-electron chi connectivity index (χ3n) is 6.51. The smallest absolute Gasteiger partial charge is 0.140 e. The minimum atomic E-state index is 0.888. The molecule has 1 nitrogen and oxygen atoms in total. The van der Waals surface area contributed by atoms with Crippen LogP contribution >= 0.6 is 0 Å². The molecule has 0 spiro atoms. The van der Waals surface area contributed by atoms with Crippen LogP contribution in [0.3, 0.4) is 0 Å². The van der Waals surface area contributed by atoms with Gasteiger partial charge in [0, 0.05) is 17.4 Å². The van der Waals surface area contributed by atoms with Crippen molar-refractivity contribution in [3.8, 4) is 11.5 Å². The second-order valence-corrected chi connectivity index (χ2v) is 8.11. The number of fused-ring (bicyclic) bond motifs is 11. The second-order valence-electron chi connectivity index (χ2n) is 8.11. The first-order chi connectivity index (χ1) is 14.9. The van der Waals surface area contributed by atoms with E-state index in [2.05, 4.69) is 97.1 Å². The molecule has 0 amide bonds. The molecule has 6 aromatic rings. The van der Waals surface area contributed by atoms with Gasteiger partial charge in [0.1, 0.15) is 11.5 Å². The maximum absolute atomic E-state index is 6.62. The number of rotatable bonds is 0. The molecule has 7 rings (SSSR count). The molecule has 1 heterocycles. The van der Waals surface area contributed by atoms with E-state index in [1.165, 1.54) is 54.2 Å². The molecule has 0 atom stereocenters. The van der Waals surface area contributed by atoms with E-state index in [9.17, 15) is 0 Å². The zero-order valence-corrected chi connectivity index (χ0v) is 16.4. The van der Waals surface area contributed by atoms with Gasteiger partial charge in [0.25, 0.3) is 0 Å². The van der Waals surface area contributed by atoms with E-state index in [0.29, 0.717) is 0 Å². The van der Waals surface area contributed by atoms with Gasteiger partial charge < -0.3 is 4.74 Å². The molecule has 0 bridgehead atoms. The highest BCUT2D eigenvalue weighted by atomic mass is 16.5. The fourth-order valence-corrected chi connectivity index (χ4v) is 5.15. The van der Waals surface area contributed by atoms with Crippen molar-refractivity contribution < 1.29 is 4.74 Å². The van der Waals surface area contributed by atoms with Crippen molar-refractivity contribution in [2.45, 2.75) is 6.42 Å². The van der Waals surface area contributed by atoms with Crippen molar-refractivity contribution in [3.05, 3.63) is 108 Å². The number of hydrogen-bond donors (Lipinski definition) is 0. The Morgan fingerprint density at radius 2 is 1.13 bits per heavy atom. The first-order valence-electron chi connectivity index (χ1n) is 10.4. The van der Waals surface area contributed by atoms with Gasteiger partial charge in [0.05, 0.1) is 0 Å². The van der Waals surface area contributed by atoms with Crippen molar-refractivity contribution in [3.63, 3.8) is 0 Å². The SMILES string of the molecule is c1ccc2c(c1)Cc1c(c3c4ccccc4ccc3c3c1ccc1ccccc13)O2. The van der Waals surface area contributed by atoms with Gasteiger partial charge in [0.15, 0.2) is 0 Å². The molecular formula is C29H18O. The van der Waals surface area contributed by atoms with Crippen LogP contribution in [0.1, 0.15) is 11.1 Å². The van der Waals surface area contributed by atoms with Crippen LogP contribution in [0.2, 0.25) is 0 Å². The topological polar surface area (TPSA) is 9.23 Å². The maximum Gasteiger partial charge on any atom is 0.140 e. The lowest BCUT2D eigenvalue weighted by Gasteiger charge is -2.25. The molecule has 1 aliphatic heterocycles.